The highest BCUT2D eigenvalue weighted by atomic mass is 16.5. The summed E-state index contributed by atoms with van der Waals surface area (Å²) < 4.78 is 5.74. The van der Waals surface area contributed by atoms with E-state index in [1.165, 1.54) is 0 Å². The summed E-state index contributed by atoms with van der Waals surface area (Å²) >= 11 is 0. The zero-order chi connectivity index (χ0) is 13.0. The van der Waals surface area contributed by atoms with Gasteiger partial charge in [0.05, 0.1) is 13.2 Å². The molecule has 1 aliphatic heterocycles. The van der Waals surface area contributed by atoms with Gasteiger partial charge in [-0.3, -0.25) is 4.90 Å². The number of morpholine rings is 1. The van der Waals surface area contributed by atoms with Crippen LogP contribution in [-0.4, -0.2) is 46.2 Å². The van der Waals surface area contributed by atoms with Gasteiger partial charge in [-0.2, -0.15) is 0 Å². The van der Waals surface area contributed by atoms with E-state index in [9.17, 15) is 0 Å². The maximum Gasteiger partial charge on any atom is 0.158 e. The molecule has 18 heavy (non-hydrogen) atoms. The van der Waals surface area contributed by atoms with Crippen LogP contribution in [0.3, 0.4) is 0 Å². The number of aliphatic hydroxyl groups excluding tert-OH is 1. The summed E-state index contributed by atoms with van der Waals surface area (Å²) in [6.45, 7) is 7.72. The number of ether oxygens (including phenoxy) is 1. The summed E-state index contributed by atoms with van der Waals surface area (Å²) in [5.74, 6) is 0.727. The molecule has 0 spiro atoms. The summed E-state index contributed by atoms with van der Waals surface area (Å²) in [5.41, 5.74) is 1.61. The van der Waals surface area contributed by atoms with Crippen molar-refractivity contribution >= 4 is 0 Å². The van der Waals surface area contributed by atoms with E-state index in [0.717, 1.165) is 49.7 Å². The average Bonchev–Trinajstić information content (AvgIpc) is 2.39. The molecule has 0 aromatic carbocycles. The molecule has 0 bridgehead atoms. The zero-order valence-electron chi connectivity index (χ0n) is 11.1. The molecule has 0 radical (unpaired) electrons. The quantitative estimate of drug-likeness (QED) is 0.867. The predicted molar refractivity (Wildman–Crippen MR) is 68.1 cm³/mol. The number of aliphatic hydroxyl groups is 1. The van der Waals surface area contributed by atoms with Gasteiger partial charge in [0.15, 0.2) is 5.82 Å². The van der Waals surface area contributed by atoms with Crippen molar-refractivity contribution in [1.82, 2.24) is 14.9 Å². The Morgan fingerprint density at radius 3 is 3.06 bits per heavy atom. The third-order valence-corrected chi connectivity index (χ3v) is 3.25. The summed E-state index contributed by atoms with van der Waals surface area (Å²) in [6.07, 6.45) is 2.80. The van der Waals surface area contributed by atoms with Gasteiger partial charge in [0.2, 0.25) is 0 Å². The highest BCUT2D eigenvalue weighted by molar-refractivity contribution is 5.15. The number of nitrogens with zero attached hydrogens (tertiary/aromatic N) is 3. The molecule has 2 heterocycles. The molecule has 1 aliphatic rings. The van der Waals surface area contributed by atoms with Crippen molar-refractivity contribution in [3.8, 4) is 0 Å². The summed E-state index contributed by atoms with van der Waals surface area (Å²) in [4.78, 5) is 11.1. The lowest BCUT2D eigenvalue weighted by Gasteiger charge is -2.31. The molecular weight excluding hydrogens is 230 g/mol. The number of aryl methyl sites for hydroxylation is 1. The summed E-state index contributed by atoms with van der Waals surface area (Å²) in [5, 5.41) is 9.11. The van der Waals surface area contributed by atoms with Crippen molar-refractivity contribution in [2.75, 3.05) is 26.2 Å². The van der Waals surface area contributed by atoms with Gasteiger partial charge in [-0.1, -0.05) is 6.92 Å². The summed E-state index contributed by atoms with van der Waals surface area (Å²) in [6, 6.07) is 0. The molecule has 100 valence electrons. The smallest absolute Gasteiger partial charge is 0.158 e. The Hall–Kier alpha value is -1.04. The minimum Gasteiger partial charge on any atom is -0.392 e. The van der Waals surface area contributed by atoms with E-state index in [-0.39, 0.29) is 12.7 Å². The Morgan fingerprint density at radius 1 is 1.56 bits per heavy atom. The highest BCUT2D eigenvalue weighted by Crippen LogP contribution is 2.20. The molecule has 2 rings (SSSR count). The molecule has 1 saturated heterocycles. The van der Waals surface area contributed by atoms with Crippen LogP contribution in [0.2, 0.25) is 0 Å². The molecule has 1 fully saturated rings. The number of rotatable bonds is 4. The molecular formula is C13H21N3O2. The number of aromatic nitrogens is 2. The molecule has 1 atom stereocenters. The lowest BCUT2D eigenvalue weighted by molar-refractivity contribution is -0.0343. The largest absolute Gasteiger partial charge is 0.392 e. The van der Waals surface area contributed by atoms with Crippen LogP contribution in [0.4, 0.5) is 0 Å². The van der Waals surface area contributed by atoms with Gasteiger partial charge in [-0.15, -0.1) is 0 Å². The van der Waals surface area contributed by atoms with Crippen LogP contribution in [0.25, 0.3) is 0 Å². The number of hydrogen-bond acceptors (Lipinski definition) is 5. The first-order chi connectivity index (χ1) is 8.74. The fourth-order valence-corrected chi connectivity index (χ4v) is 2.20. The molecule has 1 unspecified atom stereocenters. The van der Waals surface area contributed by atoms with Crippen molar-refractivity contribution < 1.29 is 9.84 Å². The van der Waals surface area contributed by atoms with Crippen molar-refractivity contribution in [1.29, 1.82) is 0 Å². The van der Waals surface area contributed by atoms with Crippen LogP contribution in [0.5, 0.6) is 0 Å². The standard InChI is InChI=1S/C13H21N3O2/c1-3-4-16-5-6-18-12(8-16)13-14-7-11(9-17)10(2)15-13/h7,12,17H,3-6,8-9H2,1-2H3. The highest BCUT2D eigenvalue weighted by Gasteiger charge is 2.23. The first-order valence-corrected chi connectivity index (χ1v) is 6.51. The summed E-state index contributed by atoms with van der Waals surface area (Å²) in [7, 11) is 0. The Bertz CT molecular complexity index is 396. The third-order valence-electron chi connectivity index (χ3n) is 3.25. The SMILES string of the molecule is CCCN1CCOC(c2ncc(CO)c(C)n2)C1. The fraction of sp³-hybridized carbons (Fsp3) is 0.692. The van der Waals surface area contributed by atoms with E-state index in [2.05, 4.69) is 21.8 Å². The lowest BCUT2D eigenvalue weighted by Crippen LogP contribution is -2.39. The molecule has 1 aromatic heterocycles. The predicted octanol–water partition coefficient (Wildman–Crippen LogP) is 1.06. The Balaban J connectivity index is 2.08. The fourth-order valence-electron chi connectivity index (χ4n) is 2.20. The molecule has 0 saturated carbocycles. The van der Waals surface area contributed by atoms with Crippen molar-refractivity contribution in [2.24, 2.45) is 0 Å². The second-order valence-electron chi connectivity index (χ2n) is 4.66. The van der Waals surface area contributed by atoms with E-state index >= 15 is 0 Å². The Kier molecular flexibility index (Phi) is 4.63. The maximum atomic E-state index is 9.11. The van der Waals surface area contributed by atoms with Crippen molar-refractivity contribution in [2.45, 2.75) is 33.0 Å². The molecule has 1 N–H and O–H groups in total. The second-order valence-corrected chi connectivity index (χ2v) is 4.66. The first kappa shape index (κ1) is 13.4. The minimum atomic E-state index is -0.0447. The van der Waals surface area contributed by atoms with Gasteiger partial charge < -0.3 is 9.84 Å². The Labute approximate surface area is 108 Å². The zero-order valence-corrected chi connectivity index (χ0v) is 11.1. The topological polar surface area (TPSA) is 58.5 Å². The molecule has 0 aliphatic carbocycles. The molecule has 5 nitrogen and oxygen atoms in total. The van der Waals surface area contributed by atoms with E-state index < -0.39 is 0 Å². The second kappa shape index (κ2) is 6.22. The average molecular weight is 251 g/mol. The molecule has 1 aromatic rings. The van der Waals surface area contributed by atoms with Gasteiger partial charge >= 0.3 is 0 Å². The first-order valence-electron chi connectivity index (χ1n) is 6.51. The Morgan fingerprint density at radius 2 is 2.39 bits per heavy atom. The van der Waals surface area contributed by atoms with Crippen LogP contribution in [0, 0.1) is 6.92 Å². The van der Waals surface area contributed by atoms with Crippen molar-refractivity contribution in [3.63, 3.8) is 0 Å². The van der Waals surface area contributed by atoms with Crippen molar-refractivity contribution in [3.05, 3.63) is 23.3 Å². The lowest BCUT2D eigenvalue weighted by atomic mass is 10.2. The molecule has 5 heteroatoms. The van der Waals surface area contributed by atoms with Gasteiger partial charge in [-0.05, 0) is 19.9 Å². The van der Waals surface area contributed by atoms with E-state index in [4.69, 9.17) is 9.84 Å². The van der Waals surface area contributed by atoms with Gasteiger partial charge in [-0.25, -0.2) is 9.97 Å². The number of hydrogen-bond donors (Lipinski definition) is 1. The van der Waals surface area contributed by atoms with E-state index in [1.807, 2.05) is 6.92 Å². The van der Waals surface area contributed by atoms with Crippen LogP contribution < -0.4 is 0 Å². The van der Waals surface area contributed by atoms with Gasteiger partial charge in [0.25, 0.3) is 0 Å². The normalized spacial score (nSPS) is 21.2. The third kappa shape index (κ3) is 3.04. The van der Waals surface area contributed by atoms with Crippen LogP contribution in [0.15, 0.2) is 6.20 Å². The van der Waals surface area contributed by atoms with Gasteiger partial charge in [0, 0.05) is 30.5 Å². The molecule has 0 amide bonds. The van der Waals surface area contributed by atoms with Gasteiger partial charge in [0.1, 0.15) is 6.10 Å². The van der Waals surface area contributed by atoms with Crippen LogP contribution >= 0.6 is 0 Å². The van der Waals surface area contributed by atoms with E-state index in [0.29, 0.717) is 0 Å². The maximum absolute atomic E-state index is 9.11. The van der Waals surface area contributed by atoms with Crippen LogP contribution in [0.1, 0.15) is 36.5 Å². The monoisotopic (exact) mass is 251 g/mol. The van der Waals surface area contributed by atoms with Crippen LogP contribution in [-0.2, 0) is 11.3 Å². The minimum absolute atomic E-state index is 0.0143. The van der Waals surface area contributed by atoms with E-state index in [1.54, 1.807) is 6.20 Å².